The second kappa shape index (κ2) is 4.55. The van der Waals surface area contributed by atoms with E-state index in [1.54, 1.807) is 12.1 Å². The lowest BCUT2D eigenvalue weighted by atomic mass is 9.76. The molecular formula is C12H16O3S. The van der Waals surface area contributed by atoms with Crippen LogP contribution in [0, 0.1) is 5.92 Å². The van der Waals surface area contributed by atoms with Gasteiger partial charge in [-0.15, -0.1) is 11.3 Å². The maximum atomic E-state index is 11.4. The first-order valence-corrected chi connectivity index (χ1v) is 6.53. The summed E-state index contributed by atoms with van der Waals surface area (Å²) in [7, 11) is 0. The van der Waals surface area contributed by atoms with Crippen molar-refractivity contribution < 1.29 is 15.0 Å². The van der Waals surface area contributed by atoms with E-state index >= 15 is 0 Å². The average Bonchev–Trinajstić information content (AvgIpc) is 2.82. The molecule has 0 saturated heterocycles. The summed E-state index contributed by atoms with van der Waals surface area (Å²) >= 11 is 1.32. The zero-order valence-electron chi connectivity index (χ0n) is 9.06. The molecule has 1 fully saturated rings. The summed E-state index contributed by atoms with van der Waals surface area (Å²) in [6, 6.07) is 3.50. The van der Waals surface area contributed by atoms with Crippen molar-refractivity contribution >= 4 is 17.3 Å². The topological polar surface area (TPSA) is 57.5 Å². The molecule has 2 N–H and O–H groups in total. The quantitative estimate of drug-likeness (QED) is 0.853. The molecule has 1 atom stereocenters. The Bertz CT molecular complexity index is 354. The van der Waals surface area contributed by atoms with Crippen LogP contribution in [0.5, 0.6) is 0 Å². The summed E-state index contributed by atoms with van der Waals surface area (Å²) in [5, 5.41) is 21.6. The van der Waals surface area contributed by atoms with Crippen LogP contribution in [0.2, 0.25) is 0 Å². The van der Waals surface area contributed by atoms with E-state index in [0.29, 0.717) is 4.88 Å². The summed E-state index contributed by atoms with van der Waals surface area (Å²) in [5.41, 5.74) is -1.67. The molecule has 0 aliphatic heterocycles. The Morgan fingerprint density at radius 1 is 1.38 bits per heavy atom. The van der Waals surface area contributed by atoms with Crippen LogP contribution in [0.15, 0.2) is 17.5 Å². The van der Waals surface area contributed by atoms with E-state index < -0.39 is 11.6 Å². The molecule has 0 radical (unpaired) electrons. The lowest BCUT2D eigenvalue weighted by Crippen LogP contribution is -2.43. The van der Waals surface area contributed by atoms with Crippen LogP contribution in [0.3, 0.4) is 0 Å². The average molecular weight is 240 g/mol. The number of aliphatic hydroxyl groups is 1. The Hall–Kier alpha value is -0.870. The van der Waals surface area contributed by atoms with Crippen molar-refractivity contribution in [2.24, 2.45) is 5.92 Å². The van der Waals surface area contributed by atoms with Gasteiger partial charge >= 0.3 is 5.97 Å². The Kier molecular flexibility index (Phi) is 3.30. The number of hydrogen-bond donors (Lipinski definition) is 2. The summed E-state index contributed by atoms with van der Waals surface area (Å²) in [5.74, 6) is -1.25. The fraction of sp³-hybridized carbons (Fsp3) is 0.583. The third kappa shape index (κ3) is 1.87. The van der Waals surface area contributed by atoms with Crippen LogP contribution in [0.1, 0.15) is 37.0 Å². The van der Waals surface area contributed by atoms with Gasteiger partial charge < -0.3 is 10.2 Å². The highest BCUT2D eigenvalue weighted by Gasteiger charge is 2.46. The lowest BCUT2D eigenvalue weighted by Gasteiger charge is -2.34. The Morgan fingerprint density at radius 3 is 2.56 bits per heavy atom. The van der Waals surface area contributed by atoms with Gasteiger partial charge in [0, 0.05) is 10.8 Å². The van der Waals surface area contributed by atoms with Crippen molar-refractivity contribution in [3.8, 4) is 0 Å². The third-order valence-corrected chi connectivity index (χ3v) is 4.41. The van der Waals surface area contributed by atoms with Crippen LogP contribution in [-0.4, -0.2) is 16.2 Å². The molecule has 0 spiro atoms. The number of carbonyl (C=O) groups is 1. The van der Waals surface area contributed by atoms with Crippen molar-refractivity contribution in [3.63, 3.8) is 0 Å². The van der Waals surface area contributed by atoms with E-state index in [-0.39, 0.29) is 5.92 Å². The van der Waals surface area contributed by atoms with Crippen LogP contribution in [0.25, 0.3) is 0 Å². The maximum absolute atomic E-state index is 11.4. The normalized spacial score (nSPS) is 21.6. The molecule has 1 aromatic rings. The van der Waals surface area contributed by atoms with Crippen LogP contribution in [-0.2, 0) is 10.4 Å². The van der Waals surface area contributed by atoms with Crippen LogP contribution >= 0.6 is 11.3 Å². The number of rotatable bonds is 3. The number of aliphatic carboxylic acids is 1. The number of hydrogen-bond acceptors (Lipinski definition) is 3. The van der Waals surface area contributed by atoms with Crippen molar-refractivity contribution in [2.45, 2.75) is 37.7 Å². The molecule has 0 aromatic carbocycles. The van der Waals surface area contributed by atoms with Gasteiger partial charge in [0.1, 0.15) is 0 Å². The molecule has 1 saturated carbocycles. The Labute approximate surface area is 98.7 Å². The summed E-state index contributed by atoms with van der Waals surface area (Å²) in [4.78, 5) is 11.9. The molecule has 1 aliphatic rings. The van der Waals surface area contributed by atoms with E-state index in [4.69, 9.17) is 0 Å². The van der Waals surface area contributed by atoms with E-state index in [1.807, 2.05) is 5.38 Å². The van der Waals surface area contributed by atoms with Gasteiger partial charge in [-0.1, -0.05) is 25.3 Å². The molecule has 1 aromatic heterocycles. The highest BCUT2D eigenvalue weighted by Crippen LogP contribution is 2.41. The standard InChI is InChI=1S/C12H16O3S/c13-11(14)12(15,10-7-4-8-16-10)9-5-2-1-3-6-9/h4,7-9,15H,1-3,5-6H2,(H,13,14)/t12-/m0/s1. The molecule has 4 heteroatoms. The number of thiophene rings is 1. The monoisotopic (exact) mass is 240 g/mol. The summed E-state index contributed by atoms with van der Waals surface area (Å²) in [6.45, 7) is 0. The first-order chi connectivity index (χ1) is 7.65. The largest absolute Gasteiger partial charge is 0.479 e. The number of carboxylic acids is 1. The van der Waals surface area contributed by atoms with Crippen LogP contribution in [0.4, 0.5) is 0 Å². The van der Waals surface area contributed by atoms with Gasteiger partial charge in [0.25, 0.3) is 0 Å². The number of carboxylic acid groups (broad SMARTS) is 1. The maximum Gasteiger partial charge on any atom is 0.341 e. The van der Waals surface area contributed by atoms with Crippen molar-refractivity contribution in [1.82, 2.24) is 0 Å². The van der Waals surface area contributed by atoms with E-state index in [0.717, 1.165) is 32.1 Å². The van der Waals surface area contributed by atoms with Gasteiger partial charge in [-0.05, 0) is 24.3 Å². The molecular weight excluding hydrogens is 224 g/mol. The Morgan fingerprint density at radius 2 is 2.06 bits per heavy atom. The zero-order valence-corrected chi connectivity index (χ0v) is 9.87. The van der Waals surface area contributed by atoms with Crippen molar-refractivity contribution in [1.29, 1.82) is 0 Å². The molecule has 1 aliphatic carbocycles. The van der Waals surface area contributed by atoms with Gasteiger partial charge in [0.15, 0.2) is 5.60 Å². The highest BCUT2D eigenvalue weighted by atomic mass is 32.1. The predicted octanol–water partition coefficient (Wildman–Crippen LogP) is 2.60. The van der Waals surface area contributed by atoms with Gasteiger partial charge in [-0.2, -0.15) is 0 Å². The van der Waals surface area contributed by atoms with Crippen molar-refractivity contribution in [3.05, 3.63) is 22.4 Å². The minimum Gasteiger partial charge on any atom is -0.479 e. The zero-order chi connectivity index (χ0) is 11.6. The highest BCUT2D eigenvalue weighted by molar-refractivity contribution is 7.10. The van der Waals surface area contributed by atoms with Crippen molar-refractivity contribution in [2.75, 3.05) is 0 Å². The second-order valence-electron chi connectivity index (χ2n) is 4.38. The smallest absolute Gasteiger partial charge is 0.341 e. The van der Waals surface area contributed by atoms with Crippen LogP contribution < -0.4 is 0 Å². The molecule has 3 nitrogen and oxygen atoms in total. The van der Waals surface area contributed by atoms with E-state index in [1.165, 1.54) is 11.3 Å². The molecule has 0 bridgehead atoms. The van der Waals surface area contributed by atoms with Gasteiger partial charge in [-0.25, -0.2) is 4.79 Å². The SMILES string of the molecule is O=C(O)[C@@](O)(c1cccs1)C1CCCCC1. The van der Waals surface area contributed by atoms with E-state index in [9.17, 15) is 15.0 Å². The Balaban J connectivity index is 2.31. The van der Waals surface area contributed by atoms with Gasteiger partial charge in [-0.3, -0.25) is 0 Å². The fourth-order valence-corrected chi connectivity index (χ4v) is 3.39. The molecule has 88 valence electrons. The third-order valence-electron chi connectivity index (χ3n) is 3.42. The summed E-state index contributed by atoms with van der Waals surface area (Å²) in [6.07, 6.45) is 4.80. The van der Waals surface area contributed by atoms with Gasteiger partial charge in [0.05, 0.1) is 0 Å². The second-order valence-corrected chi connectivity index (χ2v) is 5.33. The minimum absolute atomic E-state index is 0.141. The molecule has 1 heterocycles. The molecule has 0 unspecified atom stereocenters. The first kappa shape index (κ1) is 11.6. The van der Waals surface area contributed by atoms with E-state index in [2.05, 4.69) is 0 Å². The summed E-state index contributed by atoms with van der Waals surface area (Å²) < 4.78 is 0. The van der Waals surface area contributed by atoms with Gasteiger partial charge in [0.2, 0.25) is 0 Å². The molecule has 16 heavy (non-hydrogen) atoms. The molecule has 0 amide bonds. The lowest BCUT2D eigenvalue weighted by molar-refractivity contribution is -0.168. The minimum atomic E-state index is -1.67. The fourth-order valence-electron chi connectivity index (χ4n) is 2.50. The first-order valence-electron chi connectivity index (χ1n) is 5.65. The predicted molar refractivity (Wildman–Crippen MR) is 62.4 cm³/mol. The molecule has 2 rings (SSSR count).